The van der Waals surface area contributed by atoms with Gasteiger partial charge in [0, 0.05) is 0 Å². The van der Waals surface area contributed by atoms with Crippen molar-refractivity contribution in [1.82, 2.24) is 0 Å². The third-order valence-electron chi connectivity index (χ3n) is 7.63. The van der Waals surface area contributed by atoms with E-state index in [1.54, 1.807) is 0 Å². The second-order valence-corrected chi connectivity index (χ2v) is 9.49. The monoisotopic (exact) mass is 422 g/mol. The maximum absolute atomic E-state index is 12.5. The molecule has 0 saturated carbocycles. The first kappa shape index (κ1) is 26.7. The van der Waals surface area contributed by atoms with Crippen LogP contribution in [0.4, 0.5) is 0 Å². The summed E-state index contributed by atoms with van der Waals surface area (Å²) in [6.07, 6.45) is 20.3. The van der Waals surface area contributed by atoms with Gasteiger partial charge in [-0.25, -0.2) is 0 Å². The fourth-order valence-electron chi connectivity index (χ4n) is 5.43. The van der Waals surface area contributed by atoms with Gasteiger partial charge in [-0.05, 0) is 25.2 Å². The molecule has 0 amide bonds. The number of carboxylic acids is 2. The van der Waals surface area contributed by atoms with E-state index in [-0.39, 0.29) is 5.92 Å². The van der Waals surface area contributed by atoms with Crippen molar-refractivity contribution in [2.45, 2.75) is 124 Å². The molecule has 0 aromatic heterocycles. The number of hydrogen-bond donors (Lipinski definition) is 2. The van der Waals surface area contributed by atoms with E-state index in [9.17, 15) is 19.8 Å². The molecule has 0 fully saturated rings. The molecular formula is C26H46O4. The van der Waals surface area contributed by atoms with Crippen LogP contribution in [-0.4, -0.2) is 22.2 Å². The summed E-state index contributed by atoms with van der Waals surface area (Å²) in [4.78, 5) is 24.9. The van der Waals surface area contributed by atoms with Gasteiger partial charge in [0.1, 0.15) is 0 Å². The average molecular weight is 423 g/mol. The number of rotatable bonds is 17. The number of carbonyl (C=O) groups is 2. The molecule has 0 aromatic carbocycles. The Labute approximate surface area is 184 Å². The molecule has 4 nitrogen and oxygen atoms in total. The second kappa shape index (κ2) is 13.9. The highest BCUT2D eigenvalue weighted by atomic mass is 16.4. The van der Waals surface area contributed by atoms with Crippen LogP contribution in [0, 0.1) is 16.7 Å². The normalized spacial score (nSPS) is 24.6. The number of hydrogen-bond acceptors (Lipinski definition) is 2. The second-order valence-electron chi connectivity index (χ2n) is 9.49. The molecule has 2 N–H and O–H groups in total. The molecule has 0 aliphatic heterocycles. The third-order valence-corrected chi connectivity index (χ3v) is 7.63. The smallest absolute Gasteiger partial charge is 0.311 e. The molecule has 0 bridgehead atoms. The molecule has 1 aliphatic rings. The van der Waals surface area contributed by atoms with E-state index in [2.05, 4.69) is 6.92 Å². The van der Waals surface area contributed by atoms with Crippen LogP contribution in [0.3, 0.4) is 0 Å². The van der Waals surface area contributed by atoms with Crippen LogP contribution in [0.1, 0.15) is 124 Å². The fraction of sp³-hybridized carbons (Fsp3) is 0.846. The van der Waals surface area contributed by atoms with Gasteiger partial charge in [-0.1, -0.05) is 116 Å². The molecule has 4 heteroatoms. The predicted octanol–water partition coefficient (Wildman–Crippen LogP) is 7.62. The predicted molar refractivity (Wildman–Crippen MR) is 124 cm³/mol. The number of carboxylic acid groups (broad SMARTS) is 2. The summed E-state index contributed by atoms with van der Waals surface area (Å²) in [6, 6.07) is 0. The minimum atomic E-state index is -1.21. The standard InChI is InChI=1S/C26H46O4/c1-4-6-7-8-9-10-11-12-13-14-15-16-19-25(23(27)28)20-17-18-21-26(25,24(29)30)22(3)5-2/h17-18,22H,4-16,19-21H2,1-3H3,(H,27,28)(H,29,30). The Morgan fingerprint density at radius 3 is 1.67 bits per heavy atom. The minimum Gasteiger partial charge on any atom is -0.481 e. The maximum atomic E-state index is 12.5. The van der Waals surface area contributed by atoms with Gasteiger partial charge in [-0.2, -0.15) is 0 Å². The summed E-state index contributed by atoms with van der Waals surface area (Å²) >= 11 is 0. The van der Waals surface area contributed by atoms with Crippen LogP contribution in [-0.2, 0) is 9.59 Å². The summed E-state index contributed by atoms with van der Waals surface area (Å²) in [5.41, 5.74) is -2.40. The Hall–Kier alpha value is -1.32. The summed E-state index contributed by atoms with van der Waals surface area (Å²) in [7, 11) is 0. The van der Waals surface area contributed by atoms with E-state index < -0.39 is 22.8 Å². The lowest BCUT2D eigenvalue weighted by atomic mass is 9.50. The van der Waals surface area contributed by atoms with Crippen molar-refractivity contribution >= 4 is 11.9 Å². The van der Waals surface area contributed by atoms with Gasteiger partial charge < -0.3 is 10.2 Å². The fourth-order valence-corrected chi connectivity index (χ4v) is 5.43. The molecule has 0 spiro atoms. The summed E-state index contributed by atoms with van der Waals surface area (Å²) in [5.74, 6) is -2.05. The molecule has 0 saturated heterocycles. The highest BCUT2D eigenvalue weighted by Crippen LogP contribution is 2.57. The highest BCUT2D eigenvalue weighted by molar-refractivity contribution is 5.87. The van der Waals surface area contributed by atoms with E-state index in [0.717, 1.165) is 19.3 Å². The molecule has 1 rings (SSSR count). The van der Waals surface area contributed by atoms with Crippen molar-refractivity contribution in [3.63, 3.8) is 0 Å². The summed E-state index contributed by atoms with van der Waals surface area (Å²) in [6.45, 7) is 6.12. The van der Waals surface area contributed by atoms with Crippen LogP contribution < -0.4 is 0 Å². The molecule has 0 aromatic rings. The molecule has 0 radical (unpaired) electrons. The van der Waals surface area contributed by atoms with E-state index >= 15 is 0 Å². The Bertz CT molecular complexity index is 541. The van der Waals surface area contributed by atoms with Crippen molar-refractivity contribution in [2.75, 3.05) is 0 Å². The molecule has 3 atom stereocenters. The zero-order valence-corrected chi connectivity index (χ0v) is 19.8. The topological polar surface area (TPSA) is 74.6 Å². The molecule has 3 unspecified atom stereocenters. The van der Waals surface area contributed by atoms with Crippen molar-refractivity contribution < 1.29 is 19.8 Å². The van der Waals surface area contributed by atoms with Crippen molar-refractivity contribution in [3.05, 3.63) is 12.2 Å². The van der Waals surface area contributed by atoms with Gasteiger partial charge in [0.25, 0.3) is 0 Å². The van der Waals surface area contributed by atoms with Crippen molar-refractivity contribution in [3.8, 4) is 0 Å². The van der Waals surface area contributed by atoms with Crippen LogP contribution in [0.2, 0.25) is 0 Å². The van der Waals surface area contributed by atoms with Gasteiger partial charge in [0.15, 0.2) is 0 Å². The minimum absolute atomic E-state index is 0.173. The van der Waals surface area contributed by atoms with E-state index in [1.807, 2.05) is 26.0 Å². The van der Waals surface area contributed by atoms with Gasteiger partial charge in [-0.15, -0.1) is 0 Å². The van der Waals surface area contributed by atoms with E-state index in [4.69, 9.17) is 0 Å². The Kier molecular flexibility index (Phi) is 12.4. The Morgan fingerprint density at radius 1 is 0.767 bits per heavy atom. The zero-order valence-electron chi connectivity index (χ0n) is 19.8. The Morgan fingerprint density at radius 2 is 1.23 bits per heavy atom. The summed E-state index contributed by atoms with van der Waals surface area (Å²) in [5, 5.41) is 20.4. The quantitative estimate of drug-likeness (QED) is 0.187. The molecule has 0 heterocycles. The largest absolute Gasteiger partial charge is 0.481 e. The lowest BCUT2D eigenvalue weighted by Gasteiger charge is -2.50. The molecule has 30 heavy (non-hydrogen) atoms. The first-order chi connectivity index (χ1) is 14.4. The SMILES string of the molecule is CCCCCCCCCCCCCCC1(C(=O)O)CC=CCC1(C(=O)O)C(C)CC. The van der Waals surface area contributed by atoms with Crippen LogP contribution >= 0.6 is 0 Å². The van der Waals surface area contributed by atoms with Gasteiger partial charge in [-0.3, -0.25) is 9.59 Å². The lowest BCUT2D eigenvalue weighted by Crippen LogP contribution is -2.56. The van der Waals surface area contributed by atoms with Crippen LogP contribution in [0.5, 0.6) is 0 Å². The molecule has 1 aliphatic carbocycles. The number of unbranched alkanes of at least 4 members (excludes halogenated alkanes) is 11. The third kappa shape index (κ3) is 6.59. The Balaban J connectivity index is 2.51. The van der Waals surface area contributed by atoms with Gasteiger partial charge in [0.05, 0.1) is 10.8 Å². The first-order valence-electron chi connectivity index (χ1n) is 12.5. The highest BCUT2D eigenvalue weighted by Gasteiger charge is 2.62. The average Bonchev–Trinajstić information content (AvgIpc) is 2.73. The van der Waals surface area contributed by atoms with Gasteiger partial charge in [0.2, 0.25) is 0 Å². The van der Waals surface area contributed by atoms with Crippen molar-refractivity contribution in [2.24, 2.45) is 16.7 Å². The molecular weight excluding hydrogens is 376 g/mol. The van der Waals surface area contributed by atoms with E-state index in [0.29, 0.717) is 25.7 Å². The summed E-state index contributed by atoms with van der Waals surface area (Å²) < 4.78 is 0. The lowest BCUT2D eigenvalue weighted by molar-refractivity contribution is -0.182. The van der Waals surface area contributed by atoms with Gasteiger partial charge >= 0.3 is 11.9 Å². The first-order valence-corrected chi connectivity index (χ1v) is 12.5. The molecule has 174 valence electrons. The van der Waals surface area contributed by atoms with Crippen molar-refractivity contribution in [1.29, 1.82) is 0 Å². The zero-order chi connectivity index (χ0) is 22.5. The number of allylic oxidation sites excluding steroid dienone is 2. The van der Waals surface area contributed by atoms with Crippen LogP contribution in [0.25, 0.3) is 0 Å². The number of aliphatic carboxylic acids is 2. The maximum Gasteiger partial charge on any atom is 0.311 e. The van der Waals surface area contributed by atoms with E-state index in [1.165, 1.54) is 57.8 Å². The van der Waals surface area contributed by atoms with Crippen LogP contribution in [0.15, 0.2) is 12.2 Å².